The molecule has 0 aliphatic rings. The van der Waals surface area contributed by atoms with Gasteiger partial charge in [0.15, 0.2) is 0 Å². The number of aryl methyl sites for hydroxylation is 1. The Balaban J connectivity index is 2.47. The molecule has 1 unspecified atom stereocenters. The summed E-state index contributed by atoms with van der Waals surface area (Å²) in [6.07, 6.45) is 4.13. The van der Waals surface area contributed by atoms with Crippen LogP contribution in [0, 0.1) is 0 Å². The SMILES string of the molecule is CCc1ccc(C(CC)NCCCCO)cc1. The maximum absolute atomic E-state index is 8.74. The van der Waals surface area contributed by atoms with Crippen molar-refractivity contribution in [2.45, 2.75) is 45.6 Å². The van der Waals surface area contributed by atoms with Crippen LogP contribution in [0.4, 0.5) is 0 Å². The molecule has 0 spiro atoms. The number of rotatable bonds is 8. The first kappa shape index (κ1) is 14.2. The Kier molecular flexibility index (Phi) is 6.90. The van der Waals surface area contributed by atoms with Gasteiger partial charge in [0.25, 0.3) is 0 Å². The smallest absolute Gasteiger partial charge is 0.0431 e. The van der Waals surface area contributed by atoms with Gasteiger partial charge in [-0.25, -0.2) is 0 Å². The van der Waals surface area contributed by atoms with E-state index in [1.54, 1.807) is 0 Å². The van der Waals surface area contributed by atoms with Crippen molar-refractivity contribution >= 4 is 0 Å². The highest BCUT2D eigenvalue weighted by molar-refractivity contribution is 5.24. The van der Waals surface area contributed by atoms with Crippen molar-refractivity contribution in [2.24, 2.45) is 0 Å². The number of aliphatic hydroxyl groups excluding tert-OH is 1. The maximum Gasteiger partial charge on any atom is 0.0431 e. The number of hydrogen-bond donors (Lipinski definition) is 2. The van der Waals surface area contributed by atoms with Crippen molar-refractivity contribution in [3.8, 4) is 0 Å². The zero-order valence-corrected chi connectivity index (χ0v) is 11.1. The Hall–Kier alpha value is -0.860. The van der Waals surface area contributed by atoms with Gasteiger partial charge in [0, 0.05) is 12.6 Å². The second kappa shape index (κ2) is 8.26. The van der Waals surface area contributed by atoms with E-state index in [9.17, 15) is 0 Å². The zero-order chi connectivity index (χ0) is 12.5. The number of unbranched alkanes of at least 4 members (excludes halogenated alkanes) is 1. The molecule has 96 valence electrons. The monoisotopic (exact) mass is 235 g/mol. The van der Waals surface area contributed by atoms with Gasteiger partial charge in [-0.15, -0.1) is 0 Å². The molecule has 0 aliphatic heterocycles. The first-order valence-electron chi connectivity index (χ1n) is 6.74. The molecule has 1 aromatic rings. The quantitative estimate of drug-likeness (QED) is 0.679. The normalized spacial score (nSPS) is 12.6. The molecule has 0 saturated heterocycles. The summed E-state index contributed by atoms with van der Waals surface area (Å²) in [5.41, 5.74) is 2.76. The lowest BCUT2D eigenvalue weighted by Gasteiger charge is -2.17. The van der Waals surface area contributed by atoms with Crippen molar-refractivity contribution < 1.29 is 5.11 Å². The predicted octanol–water partition coefficient (Wildman–Crippen LogP) is 3.06. The predicted molar refractivity (Wildman–Crippen MR) is 73.2 cm³/mol. The molecule has 1 aromatic carbocycles. The Morgan fingerprint density at radius 2 is 1.82 bits per heavy atom. The molecule has 2 heteroatoms. The van der Waals surface area contributed by atoms with E-state index < -0.39 is 0 Å². The summed E-state index contributed by atoms with van der Waals surface area (Å²) in [4.78, 5) is 0. The molecule has 0 saturated carbocycles. The summed E-state index contributed by atoms with van der Waals surface area (Å²) in [6.45, 7) is 5.66. The molecule has 17 heavy (non-hydrogen) atoms. The summed E-state index contributed by atoms with van der Waals surface area (Å²) < 4.78 is 0. The topological polar surface area (TPSA) is 32.3 Å². The second-order valence-electron chi connectivity index (χ2n) is 4.44. The van der Waals surface area contributed by atoms with E-state index in [1.807, 2.05) is 0 Å². The highest BCUT2D eigenvalue weighted by atomic mass is 16.2. The first-order valence-corrected chi connectivity index (χ1v) is 6.74. The summed E-state index contributed by atoms with van der Waals surface area (Å²) in [6, 6.07) is 9.33. The van der Waals surface area contributed by atoms with Gasteiger partial charge in [-0.3, -0.25) is 0 Å². The fraction of sp³-hybridized carbons (Fsp3) is 0.600. The number of aliphatic hydroxyl groups is 1. The molecule has 0 aromatic heterocycles. The minimum absolute atomic E-state index is 0.295. The number of benzene rings is 1. The van der Waals surface area contributed by atoms with E-state index in [4.69, 9.17) is 5.11 Å². The van der Waals surface area contributed by atoms with Gasteiger partial charge in [0.1, 0.15) is 0 Å². The van der Waals surface area contributed by atoms with Crippen molar-refractivity contribution in [2.75, 3.05) is 13.2 Å². The Morgan fingerprint density at radius 3 is 2.35 bits per heavy atom. The van der Waals surface area contributed by atoms with Crippen LogP contribution in [0.2, 0.25) is 0 Å². The van der Waals surface area contributed by atoms with Crippen LogP contribution in [0.1, 0.15) is 50.3 Å². The lowest BCUT2D eigenvalue weighted by molar-refractivity contribution is 0.282. The zero-order valence-electron chi connectivity index (χ0n) is 11.1. The molecular formula is C15H25NO. The Morgan fingerprint density at radius 1 is 1.12 bits per heavy atom. The third-order valence-electron chi connectivity index (χ3n) is 3.17. The molecule has 0 bridgehead atoms. The molecule has 1 rings (SSSR count). The van der Waals surface area contributed by atoms with E-state index in [0.29, 0.717) is 12.6 Å². The standard InChI is InChI=1S/C15H25NO/c1-3-13-7-9-14(10-8-13)15(4-2)16-11-5-6-12-17/h7-10,15-17H,3-6,11-12H2,1-2H3. The van der Waals surface area contributed by atoms with Crippen molar-refractivity contribution in [1.82, 2.24) is 5.32 Å². The molecule has 1 atom stereocenters. The fourth-order valence-electron chi connectivity index (χ4n) is 2.00. The average molecular weight is 235 g/mol. The maximum atomic E-state index is 8.74. The van der Waals surface area contributed by atoms with Crippen LogP contribution in [-0.4, -0.2) is 18.3 Å². The van der Waals surface area contributed by atoms with Crippen LogP contribution in [-0.2, 0) is 6.42 Å². The van der Waals surface area contributed by atoms with Crippen LogP contribution >= 0.6 is 0 Å². The molecule has 0 aliphatic carbocycles. The Labute approximate surface area is 105 Å². The lowest BCUT2D eigenvalue weighted by atomic mass is 10.0. The minimum Gasteiger partial charge on any atom is -0.396 e. The van der Waals surface area contributed by atoms with Gasteiger partial charge < -0.3 is 10.4 Å². The number of hydrogen-bond acceptors (Lipinski definition) is 2. The fourth-order valence-corrected chi connectivity index (χ4v) is 2.00. The summed E-state index contributed by atoms with van der Waals surface area (Å²) in [7, 11) is 0. The minimum atomic E-state index is 0.295. The third-order valence-corrected chi connectivity index (χ3v) is 3.17. The van der Waals surface area contributed by atoms with Crippen molar-refractivity contribution in [3.05, 3.63) is 35.4 Å². The van der Waals surface area contributed by atoms with Crippen molar-refractivity contribution in [1.29, 1.82) is 0 Å². The molecular weight excluding hydrogens is 210 g/mol. The van der Waals surface area contributed by atoms with Crippen molar-refractivity contribution in [3.63, 3.8) is 0 Å². The van der Waals surface area contributed by atoms with E-state index in [-0.39, 0.29) is 0 Å². The van der Waals surface area contributed by atoms with Gasteiger partial charge in [0.2, 0.25) is 0 Å². The highest BCUT2D eigenvalue weighted by Crippen LogP contribution is 2.17. The van der Waals surface area contributed by atoms with E-state index in [2.05, 4.69) is 43.4 Å². The highest BCUT2D eigenvalue weighted by Gasteiger charge is 2.07. The second-order valence-corrected chi connectivity index (χ2v) is 4.44. The van der Waals surface area contributed by atoms with Gasteiger partial charge in [-0.1, -0.05) is 38.1 Å². The Bertz CT molecular complexity index is 294. The van der Waals surface area contributed by atoms with Crippen LogP contribution < -0.4 is 5.32 Å². The van der Waals surface area contributed by atoms with Crippen LogP contribution in [0.15, 0.2) is 24.3 Å². The molecule has 0 radical (unpaired) electrons. The average Bonchev–Trinajstić information content (AvgIpc) is 2.39. The first-order chi connectivity index (χ1) is 8.31. The van der Waals surface area contributed by atoms with Crippen LogP contribution in [0.5, 0.6) is 0 Å². The lowest BCUT2D eigenvalue weighted by Crippen LogP contribution is -2.22. The number of nitrogens with one attached hydrogen (secondary N) is 1. The summed E-state index contributed by atoms with van der Waals surface area (Å²) >= 11 is 0. The summed E-state index contributed by atoms with van der Waals surface area (Å²) in [5.74, 6) is 0. The van der Waals surface area contributed by atoms with E-state index in [1.165, 1.54) is 11.1 Å². The van der Waals surface area contributed by atoms with Gasteiger partial charge in [0.05, 0.1) is 0 Å². The van der Waals surface area contributed by atoms with E-state index >= 15 is 0 Å². The summed E-state index contributed by atoms with van der Waals surface area (Å²) in [5, 5.41) is 12.3. The molecule has 2 N–H and O–H groups in total. The molecule has 2 nitrogen and oxygen atoms in total. The molecule has 0 fully saturated rings. The van der Waals surface area contributed by atoms with Gasteiger partial charge in [-0.05, 0) is 43.4 Å². The van der Waals surface area contributed by atoms with E-state index in [0.717, 1.165) is 32.2 Å². The van der Waals surface area contributed by atoms with Gasteiger partial charge >= 0.3 is 0 Å². The van der Waals surface area contributed by atoms with Gasteiger partial charge in [-0.2, -0.15) is 0 Å². The third kappa shape index (κ3) is 4.88. The largest absolute Gasteiger partial charge is 0.396 e. The van der Waals surface area contributed by atoms with Crippen LogP contribution in [0.3, 0.4) is 0 Å². The molecule has 0 heterocycles. The molecule has 0 amide bonds. The van der Waals surface area contributed by atoms with Crippen LogP contribution in [0.25, 0.3) is 0 Å².